The highest BCUT2D eigenvalue weighted by Gasteiger charge is 2.13. The number of amides is 1. The van der Waals surface area contributed by atoms with Crippen molar-refractivity contribution < 1.29 is 18.7 Å². The molecule has 3 aromatic rings. The van der Waals surface area contributed by atoms with Crippen LogP contribution in [0.15, 0.2) is 44.6 Å². The molecule has 0 saturated carbocycles. The summed E-state index contributed by atoms with van der Waals surface area (Å²) >= 11 is 4.82. The average molecular weight is 424 g/mol. The molecule has 0 aliphatic rings. The van der Waals surface area contributed by atoms with E-state index < -0.39 is 5.91 Å². The Labute approximate surface area is 156 Å². The predicted molar refractivity (Wildman–Crippen MR) is 97.0 cm³/mol. The van der Waals surface area contributed by atoms with Crippen molar-refractivity contribution in [3.8, 4) is 22.3 Å². The standard InChI is InChI=1S/C16H14BrN3O4S/c1-2-22-10-3-5-11(6-4-10)23-9-14(21)18-16-20-19-15(24-16)12-7-8-13(17)25-12/h3-8H,2,9H2,1H3,(H,18,20,21). The third-order valence-corrected chi connectivity index (χ3v) is 4.57. The van der Waals surface area contributed by atoms with Crippen LogP contribution in [0, 0.1) is 0 Å². The molecule has 0 bridgehead atoms. The fraction of sp³-hybridized carbons (Fsp3) is 0.188. The van der Waals surface area contributed by atoms with Gasteiger partial charge in [0.25, 0.3) is 11.8 Å². The molecule has 0 radical (unpaired) electrons. The molecule has 9 heteroatoms. The van der Waals surface area contributed by atoms with Crippen LogP contribution in [0.4, 0.5) is 6.01 Å². The van der Waals surface area contributed by atoms with Gasteiger partial charge in [-0.05, 0) is 59.3 Å². The average Bonchev–Trinajstić information content (AvgIpc) is 3.23. The quantitative estimate of drug-likeness (QED) is 0.618. The lowest BCUT2D eigenvalue weighted by molar-refractivity contribution is -0.118. The molecule has 0 unspecified atom stereocenters. The lowest BCUT2D eigenvalue weighted by atomic mass is 10.3. The molecule has 0 aliphatic carbocycles. The van der Waals surface area contributed by atoms with Crippen molar-refractivity contribution in [2.24, 2.45) is 0 Å². The van der Waals surface area contributed by atoms with Crippen LogP contribution in [0.3, 0.4) is 0 Å². The first-order chi connectivity index (χ1) is 12.1. The summed E-state index contributed by atoms with van der Waals surface area (Å²) in [5.41, 5.74) is 0. The zero-order valence-corrected chi connectivity index (χ0v) is 15.6. The van der Waals surface area contributed by atoms with E-state index in [0.717, 1.165) is 14.4 Å². The second kappa shape index (κ2) is 8.13. The summed E-state index contributed by atoms with van der Waals surface area (Å²) in [7, 11) is 0. The third-order valence-electron chi connectivity index (χ3n) is 2.96. The van der Waals surface area contributed by atoms with Gasteiger partial charge in [0.05, 0.1) is 15.3 Å². The van der Waals surface area contributed by atoms with Gasteiger partial charge in [-0.15, -0.1) is 16.4 Å². The number of aromatic nitrogens is 2. The molecule has 130 valence electrons. The Morgan fingerprint density at radius 1 is 1.16 bits per heavy atom. The van der Waals surface area contributed by atoms with Gasteiger partial charge in [-0.1, -0.05) is 5.10 Å². The van der Waals surface area contributed by atoms with Crippen LogP contribution < -0.4 is 14.8 Å². The highest BCUT2D eigenvalue weighted by molar-refractivity contribution is 9.11. The molecule has 0 saturated heterocycles. The third kappa shape index (κ3) is 4.80. The highest BCUT2D eigenvalue weighted by Crippen LogP contribution is 2.30. The predicted octanol–water partition coefficient (Wildman–Crippen LogP) is 3.98. The summed E-state index contributed by atoms with van der Waals surface area (Å²) in [5, 5.41) is 10.2. The summed E-state index contributed by atoms with van der Waals surface area (Å²) in [4.78, 5) is 12.7. The van der Waals surface area contributed by atoms with E-state index in [4.69, 9.17) is 13.9 Å². The molecule has 2 heterocycles. The van der Waals surface area contributed by atoms with Crippen LogP contribution in [0.2, 0.25) is 0 Å². The molecule has 2 aromatic heterocycles. The topological polar surface area (TPSA) is 86.5 Å². The number of nitrogens with one attached hydrogen (secondary N) is 1. The van der Waals surface area contributed by atoms with Crippen LogP contribution in [-0.2, 0) is 4.79 Å². The summed E-state index contributed by atoms with van der Waals surface area (Å²) in [6.07, 6.45) is 0. The second-order valence-electron chi connectivity index (χ2n) is 4.76. The number of benzene rings is 1. The monoisotopic (exact) mass is 423 g/mol. The SMILES string of the molecule is CCOc1ccc(OCC(=O)Nc2nnc(-c3ccc(Br)s3)o2)cc1. The van der Waals surface area contributed by atoms with Gasteiger partial charge in [-0.3, -0.25) is 10.1 Å². The smallest absolute Gasteiger partial charge is 0.322 e. The van der Waals surface area contributed by atoms with Crippen LogP contribution in [0.1, 0.15) is 6.92 Å². The number of rotatable bonds is 7. The fourth-order valence-electron chi connectivity index (χ4n) is 1.91. The number of ether oxygens (including phenoxy) is 2. The molecule has 25 heavy (non-hydrogen) atoms. The van der Waals surface area contributed by atoms with Gasteiger partial charge in [0.1, 0.15) is 11.5 Å². The van der Waals surface area contributed by atoms with Crippen molar-refractivity contribution in [2.75, 3.05) is 18.5 Å². The Kier molecular flexibility index (Phi) is 5.67. The summed E-state index contributed by atoms with van der Waals surface area (Å²) in [5.74, 6) is 1.26. The number of thiophene rings is 1. The van der Waals surface area contributed by atoms with Gasteiger partial charge in [0, 0.05) is 0 Å². The minimum Gasteiger partial charge on any atom is -0.494 e. The van der Waals surface area contributed by atoms with E-state index in [0.29, 0.717) is 18.2 Å². The zero-order valence-electron chi connectivity index (χ0n) is 13.2. The Bertz CT molecular complexity index is 847. The summed E-state index contributed by atoms with van der Waals surface area (Å²) in [6.45, 7) is 2.34. The Balaban J connectivity index is 1.51. The normalized spacial score (nSPS) is 10.5. The van der Waals surface area contributed by atoms with Crippen LogP contribution >= 0.6 is 27.3 Å². The van der Waals surface area contributed by atoms with E-state index in [1.807, 2.05) is 19.1 Å². The van der Waals surface area contributed by atoms with Gasteiger partial charge in [-0.2, -0.15) is 0 Å². The molecule has 1 N–H and O–H groups in total. The molecule has 1 aromatic carbocycles. The molecule has 1 amide bonds. The molecule has 0 spiro atoms. The first kappa shape index (κ1) is 17.4. The van der Waals surface area contributed by atoms with Crippen molar-refractivity contribution in [3.63, 3.8) is 0 Å². The molecular formula is C16H14BrN3O4S. The van der Waals surface area contributed by atoms with Gasteiger partial charge in [0.2, 0.25) is 0 Å². The van der Waals surface area contributed by atoms with E-state index in [9.17, 15) is 4.79 Å². The maximum atomic E-state index is 11.9. The van der Waals surface area contributed by atoms with E-state index in [1.54, 1.807) is 24.3 Å². The first-order valence-electron chi connectivity index (χ1n) is 7.39. The van der Waals surface area contributed by atoms with E-state index in [1.165, 1.54) is 11.3 Å². The van der Waals surface area contributed by atoms with Crippen molar-refractivity contribution in [2.45, 2.75) is 6.92 Å². The number of hydrogen-bond acceptors (Lipinski definition) is 7. The molecule has 0 aliphatic heterocycles. The molecular weight excluding hydrogens is 410 g/mol. The Morgan fingerprint density at radius 3 is 2.52 bits per heavy atom. The molecule has 0 fully saturated rings. The van der Waals surface area contributed by atoms with Crippen molar-refractivity contribution in [1.29, 1.82) is 0 Å². The number of carbonyl (C=O) groups is 1. The van der Waals surface area contributed by atoms with E-state index in [-0.39, 0.29) is 12.6 Å². The Morgan fingerprint density at radius 2 is 1.88 bits per heavy atom. The maximum absolute atomic E-state index is 11.9. The second-order valence-corrected chi connectivity index (χ2v) is 7.22. The maximum Gasteiger partial charge on any atom is 0.322 e. The van der Waals surface area contributed by atoms with E-state index >= 15 is 0 Å². The van der Waals surface area contributed by atoms with Crippen LogP contribution in [0.25, 0.3) is 10.8 Å². The zero-order chi connectivity index (χ0) is 17.6. The largest absolute Gasteiger partial charge is 0.494 e. The number of hydrogen-bond donors (Lipinski definition) is 1. The number of nitrogens with zero attached hydrogens (tertiary/aromatic N) is 2. The lowest BCUT2D eigenvalue weighted by Crippen LogP contribution is -2.20. The van der Waals surface area contributed by atoms with Gasteiger partial charge >= 0.3 is 6.01 Å². The minimum absolute atomic E-state index is 0.0276. The summed E-state index contributed by atoms with van der Waals surface area (Å²) in [6, 6.07) is 10.8. The minimum atomic E-state index is -0.392. The van der Waals surface area contributed by atoms with Gasteiger partial charge in [0.15, 0.2) is 6.61 Å². The lowest BCUT2D eigenvalue weighted by Gasteiger charge is -2.07. The number of carbonyl (C=O) groups excluding carboxylic acids is 1. The van der Waals surface area contributed by atoms with Gasteiger partial charge in [-0.25, -0.2) is 0 Å². The van der Waals surface area contributed by atoms with Crippen LogP contribution in [0.5, 0.6) is 11.5 Å². The van der Waals surface area contributed by atoms with E-state index in [2.05, 4.69) is 31.4 Å². The van der Waals surface area contributed by atoms with Crippen molar-refractivity contribution in [1.82, 2.24) is 10.2 Å². The number of halogens is 1. The fourth-order valence-corrected chi connectivity index (χ4v) is 3.21. The van der Waals surface area contributed by atoms with Crippen molar-refractivity contribution >= 4 is 39.2 Å². The summed E-state index contributed by atoms with van der Waals surface area (Å²) < 4.78 is 17.1. The highest BCUT2D eigenvalue weighted by atomic mass is 79.9. The number of anilines is 1. The van der Waals surface area contributed by atoms with Crippen LogP contribution in [-0.4, -0.2) is 29.3 Å². The molecule has 7 nitrogen and oxygen atoms in total. The Hall–Kier alpha value is -2.39. The molecule has 3 rings (SSSR count). The molecule has 0 atom stereocenters. The van der Waals surface area contributed by atoms with Crippen molar-refractivity contribution in [3.05, 3.63) is 40.2 Å². The first-order valence-corrected chi connectivity index (χ1v) is 8.99. The van der Waals surface area contributed by atoms with Gasteiger partial charge < -0.3 is 13.9 Å².